The van der Waals surface area contributed by atoms with E-state index in [2.05, 4.69) is 10.00 Å². The first-order chi connectivity index (χ1) is 14.5. The first-order valence-electron chi connectivity index (χ1n) is 10.2. The van der Waals surface area contributed by atoms with Crippen molar-refractivity contribution >= 4 is 11.5 Å². The third-order valence-electron chi connectivity index (χ3n) is 5.78. The fourth-order valence-corrected chi connectivity index (χ4v) is 4.19. The summed E-state index contributed by atoms with van der Waals surface area (Å²) in [6, 6.07) is 7.83. The number of hydrogen-bond donors (Lipinski definition) is 1. The fraction of sp³-hybridized carbons (Fsp3) is 0.455. The number of fused-ring (bicyclic) bond motifs is 1. The number of methoxy groups -OCH3 is 3. The highest BCUT2D eigenvalue weighted by Gasteiger charge is 2.24. The fourth-order valence-electron chi connectivity index (χ4n) is 4.19. The number of ether oxygens (including phenoxy) is 3. The van der Waals surface area contributed by atoms with Crippen LogP contribution in [-0.4, -0.2) is 53.9 Å². The van der Waals surface area contributed by atoms with Crippen LogP contribution in [0.1, 0.15) is 35.7 Å². The Labute approximate surface area is 176 Å². The lowest BCUT2D eigenvalue weighted by Crippen LogP contribution is -2.33. The molecule has 8 heteroatoms. The summed E-state index contributed by atoms with van der Waals surface area (Å²) in [4.78, 5) is 7.25. The van der Waals surface area contributed by atoms with Crippen LogP contribution in [0.15, 0.2) is 24.3 Å². The van der Waals surface area contributed by atoms with E-state index in [1.807, 2.05) is 31.2 Å². The molecule has 2 N–H and O–H groups in total. The Bertz CT molecular complexity index is 1040. The second-order valence-corrected chi connectivity index (χ2v) is 7.73. The lowest BCUT2D eigenvalue weighted by atomic mass is 9.93. The predicted molar refractivity (Wildman–Crippen MR) is 115 cm³/mol. The Morgan fingerprint density at radius 1 is 0.967 bits per heavy atom. The molecule has 0 atom stereocenters. The smallest absolute Gasteiger partial charge is 0.164 e. The summed E-state index contributed by atoms with van der Waals surface area (Å²) in [5.74, 6) is 3.24. The van der Waals surface area contributed by atoms with E-state index in [4.69, 9.17) is 24.9 Å². The van der Waals surface area contributed by atoms with Gasteiger partial charge in [0, 0.05) is 41.9 Å². The van der Waals surface area contributed by atoms with E-state index < -0.39 is 0 Å². The lowest BCUT2D eigenvalue weighted by Gasteiger charge is -2.32. The monoisotopic (exact) mass is 411 g/mol. The molecule has 0 amide bonds. The number of benzene rings is 1. The number of rotatable bonds is 6. The Kier molecular flexibility index (Phi) is 5.67. The minimum atomic E-state index is 0.399. The zero-order valence-corrected chi connectivity index (χ0v) is 18.0. The van der Waals surface area contributed by atoms with Crippen LogP contribution in [0.25, 0.3) is 5.65 Å². The number of nitrogens with two attached hydrogens (primary N) is 1. The van der Waals surface area contributed by atoms with Gasteiger partial charge in [-0.2, -0.15) is 9.61 Å². The van der Waals surface area contributed by atoms with Gasteiger partial charge in [-0.3, -0.25) is 4.90 Å². The molecule has 8 nitrogen and oxygen atoms in total. The van der Waals surface area contributed by atoms with Gasteiger partial charge in [0.2, 0.25) is 0 Å². The van der Waals surface area contributed by atoms with Gasteiger partial charge in [0.05, 0.1) is 27.0 Å². The standard InChI is InChI=1S/C22H29N5O3/c1-14-9-22-24-17(11-21(23)27(22)25-14)15-5-7-26(8-6-15)13-16-10-19(29-3)20(30-4)12-18(16)28-2/h9-12,15H,5-8,13,23H2,1-4H3. The summed E-state index contributed by atoms with van der Waals surface area (Å²) in [6.45, 7) is 4.71. The summed E-state index contributed by atoms with van der Waals surface area (Å²) >= 11 is 0. The molecule has 30 heavy (non-hydrogen) atoms. The van der Waals surface area contributed by atoms with Gasteiger partial charge < -0.3 is 19.9 Å². The molecule has 1 saturated heterocycles. The molecule has 4 rings (SSSR count). The third-order valence-corrected chi connectivity index (χ3v) is 5.78. The van der Waals surface area contributed by atoms with Crippen LogP contribution >= 0.6 is 0 Å². The molecule has 1 aliphatic rings. The maximum absolute atomic E-state index is 6.20. The SMILES string of the molecule is COc1cc(OC)c(OC)cc1CN1CCC(c2cc(N)n3nc(C)cc3n2)CC1. The van der Waals surface area contributed by atoms with Crippen LogP contribution in [0.3, 0.4) is 0 Å². The zero-order chi connectivity index (χ0) is 21.3. The van der Waals surface area contributed by atoms with Crippen LogP contribution in [0.5, 0.6) is 17.2 Å². The molecule has 0 saturated carbocycles. The zero-order valence-electron chi connectivity index (χ0n) is 18.0. The Morgan fingerprint density at radius 2 is 1.63 bits per heavy atom. The van der Waals surface area contributed by atoms with Crippen molar-refractivity contribution < 1.29 is 14.2 Å². The van der Waals surface area contributed by atoms with Crippen molar-refractivity contribution in [3.63, 3.8) is 0 Å². The normalized spacial score (nSPS) is 15.5. The molecule has 0 bridgehead atoms. The molecule has 0 aliphatic carbocycles. The highest BCUT2D eigenvalue weighted by molar-refractivity contribution is 5.51. The number of likely N-dealkylation sites (tertiary alicyclic amines) is 1. The molecular formula is C22H29N5O3. The largest absolute Gasteiger partial charge is 0.496 e. The van der Waals surface area contributed by atoms with Gasteiger partial charge >= 0.3 is 0 Å². The molecule has 2 aromatic heterocycles. The van der Waals surface area contributed by atoms with Crippen molar-refractivity contribution in [1.29, 1.82) is 0 Å². The van der Waals surface area contributed by atoms with Gasteiger partial charge in [-0.15, -0.1) is 0 Å². The van der Waals surface area contributed by atoms with E-state index >= 15 is 0 Å². The molecule has 3 aromatic rings. The number of anilines is 1. The van der Waals surface area contributed by atoms with Crippen molar-refractivity contribution in [2.45, 2.75) is 32.2 Å². The summed E-state index contributed by atoms with van der Waals surface area (Å²) in [7, 11) is 4.96. The molecule has 0 radical (unpaired) electrons. The topological polar surface area (TPSA) is 87.1 Å². The number of piperidine rings is 1. The van der Waals surface area contributed by atoms with Crippen LogP contribution in [0, 0.1) is 6.92 Å². The van der Waals surface area contributed by atoms with Crippen molar-refractivity contribution in [3.05, 3.63) is 41.2 Å². The number of hydrogen-bond acceptors (Lipinski definition) is 7. The first-order valence-corrected chi connectivity index (χ1v) is 10.2. The summed E-state index contributed by atoms with van der Waals surface area (Å²) in [5, 5.41) is 4.39. The Hall–Kier alpha value is -3.00. The molecule has 3 heterocycles. The molecule has 1 aliphatic heterocycles. The molecular weight excluding hydrogens is 382 g/mol. The van der Waals surface area contributed by atoms with Gasteiger partial charge in [0.1, 0.15) is 11.6 Å². The van der Waals surface area contributed by atoms with Crippen LogP contribution in [0.4, 0.5) is 5.82 Å². The molecule has 0 unspecified atom stereocenters. The van der Waals surface area contributed by atoms with Gasteiger partial charge in [-0.1, -0.05) is 0 Å². The van der Waals surface area contributed by atoms with E-state index in [1.165, 1.54) is 0 Å². The van der Waals surface area contributed by atoms with E-state index in [-0.39, 0.29) is 0 Å². The summed E-state index contributed by atoms with van der Waals surface area (Å²) in [6.07, 6.45) is 2.07. The van der Waals surface area contributed by atoms with E-state index in [1.54, 1.807) is 25.8 Å². The van der Waals surface area contributed by atoms with Crippen LogP contribution in [0.2, 0.25) is 0 Å². The average molecular weight is 412 g/mol. The highest BCUT2D eigenvalue weighted by atomic mass is 16.5. The first kappa shape index (κ1) is 20.3. The number of nitrogen functional groups attached to an aromatic ring is 1. The van der Waals surface area contributed by atoms with Crippen molar-refractivity contribution in [2.24, 2.45) is 0 Å². The van der Waals surface area contributed by atoms with E-state index in [0.29, 0.717) is 23.2 Å². The molecule has 160 valence electrons. The van der Waals surface area contributed by atoms with Gasteiger partial charge in [0.15, 0.2) is 17.1 Å². The number of aryl methyl sites for hydroxylation is 1. The summed E-state index contributed by atoms with van der Waals surface area (Å²) < 4.78 is 18.1. The second-order valence-electron chi connectivity index (χ2n) is 7.73. The average Bonchev–Trinajstić information content (AvgIpc) is 3.14. The van der Waals surface area contributed by atoms with Crippen molar-refractivity contribution in [2.75, 3.05) is 40.2 Å². The molecule has 1 fully saturated rings. The van der Waals surface area contributed by atoms with Crippen LogP contribution < -0.4 is 19.9 Å². The maximum atomic E-state index is 6.20. The molecule has 0 spiro atoms. The molecule has 1 aromatic carbocycles. The predicted octanol–water partition coefficient (Wildman–Crippen LogP) is 3.03. The maximum Gasteiger partial charge on any atom is 0.164 e. The second kappa shape index (κ2) is 8.39. The van der Waals surface area contributed by atoms with Gasteiger partial charge in [-0.05, 0) is 38.9 Å². The lowest BCUT2D eigenvalue weighted by molar-refractivity contribution is 0.200. The Morgan fingerprint density at radius 3 is 2.30 bits per heavy atom. The van der Waals surface area contributed by atoms with Crippen molar-refractivity contribution in [3.8, 4) is 17.2 Å². The van der Waals surface area contributed by atoms with Gasteiger partial charge in [-0.25, -0.2) is 4.98 Å². The quantitative estimate of drug-likeness (QED) is 0.667. The minimum Gasteiger partial charge on any atom is -0.496 e. The van der Waals surface area contributed by atoms with Crippen LogP contribution in [-0.2, 0) is 6.54 Å². The van der Waals surface area contributed by atoms with E-state index in [0.717, 1.165) is 60.8 Å². The number of aromatic nitrogens is 3. The van der Waals surface area contributed by atoms with Gasteiger partial charge in [0.25, 0.3) is 0 Å². The Balaban J connectivity index is 1.46. The highest BCUT2D eigenvalue weighted by Crippen LogP contribution is 2.36. The van der Waals surface area contributed by atoms with E-state index in [9.17, 15) is 0 Å². The third kappa shape index (κ3) is 3.87. The minimum absolute atomic E-state index is 0.399. The number of nitrogens with zero attached hydrogens (tertiary/aromatic N) is 4. The van der Waals surface area contributed by atoms with Crippen molar-refractivity contribution in [1.82, 2.24) is 19.5 Å². The summed E-state index contributed by atoms with van der Waals surface area (Å²) in [5.41, 5.74) is 10.1.